The molecular formula is C14H19ClF2N2O2S. The van der Waals surface area contributed by atoms with Crippen molar-refractivity contribution in [3.63, 3.8) is 0 Å². The van der Waals surface area contributed by atoms with Gasteiger partial charge in [-0.1, -0.05) is 0 Å². The van der Waals surface area contributed by atoms with Gasteiger partial charge >= 0.3 is 6.61 Å². The number of likely N-dealkylation sites (tertiary alicyclic amines) is 1. The molecule has 0 aromatic carbocycles. The van der Waals surface area contributed by atoms with E-state index in [0.717, 1.165) is 43.7 Å². The largest absolute Gasteiger partial charge is 0.433 e. The molecule has 1 amide bonds. The number of hydrogen-bond donors (Lipinski definition) is 1. The average molecular weight is 353 g/mol. The van der Waals surface area contributed by atoms with Crippen LogP contribution in [0.3, 0.4) is 0 Å². The number of piperidine rings is 1. The van der Waals surface area contributed by atoms with Gasteiger partial charge in [0, 0.05) is 19.6 Å². The summed E-state index contributed by atoms with van der Waals surface area (Å²) in [4.78, 5) is 14.5. The Labute approximate surface area is 138 Å². The van der Waals surface area contributed by atoms with Crippen molar-refractivity contribution >= 4 is 29.7 Å². The second-order valence-electron chi connectivity index (χ2n) is 5.71. The Morgan fingerprint density at radius 2 is 2.09 bits per heavy atom. The third-order valence-electron chi connectivity index (χ3n) is 4.48. The molecule has 0 aliphatic carbocycles. The molecule has 1 aromatic heterocycles. The van der Waals surface area contributed by atoms with Crippen LogP contribution in [0.25, 0.3) is 0 Å². The van der Waals surface area contributed by atoms with Crippen molar-refractivity contribution in [2.75, 3.05) is 26.2 Å². The number of thiophene rings is 1. The van der Waals surface area contributed by atoms with Crippen LogP contribution < -0.4 is 10.1 Å². The quantitative estimate of drug-likeness (QED) is 0.909. The Morgan fingerprint density at radius 3 is 2.68 bits per heavy atom. The number of alkyl halides is 2. The third kappa shape index (κ3) is 3.52. The number of ether oxygens (including phenoxy) is 1. The van der Waals surface area contributed by atoms with Gasteiger partial charge in [0.1, 0.15) is 10.6 Å². The molecule has 0 bridgehead atoms. The Bertz CT molecular complexity index is 511. The summed E-state index contributed by atoms with van der Waals surface area (Å²) < 4.78 is 29.1. The van der Waals surface area contributed by atoms with E-state index in [1.165, 1.54) is 6.07 Å². The summed E-state index contributed by atoms with van der Waals surface area (Å²) in [5, 5.41) is 4.99. The molecule has 124 valence electrons. The van der Waals surface area contributed by atoms with Crippen molar-refractivity contribution in [3.8, 4) is 5.75 Å². The topological polar surface area (TPSA) is 41.6 Å². The maximum Gasteiger partial charge on any atom is 0.387 e. The van der Waals surface area contributed by atoms with Crippen molar-refractivity contribution in [3.05, 3.63) is 16.3 Å². The minimum Gasteiger partial charge on any atom is -0.433 e. The lowest BCUT2D eigenvalue weighted by Gasteiger charge is -2.38. The smallest absolute Gasteiger partial charge is 0.387 e. The van der Waals surface area contributed by atoms with Crippen LogP contribution in [0.2, 0.25) is 0 Å². The fourth-order valence-electron chi connectivity index (χ4n) is 3.19. The van der Waals surface area contributed by atoms with Gasteiger partial charge in [0.15, 0.2) is 0 Å². The third-order valence-corrected chi connectivity index (χ3v) is 5.37. The first kappa shape index (κ1) is 17.4. The number of hydrogen-bond acceptors (Lipinski definition) is 4. The molecule has 4 nitrogen and oxygen atoms in total. The molecule has 2 aliphatic heterocycles. The number of carbonyl (C=O) groups excluding carboxylic acids is 1. The maximum atomic E-state index is 12.5. The van der Waals surface area contributed by atoms with Gasteiger partial charge in [-0.3, -0.25) is 4.79 Å². The van der Waals surface area contributed by atoms with E-state index in [9.17, 15) is 13.6 Å². The van der Waals surface area contributed by atoms with Gasteiger partial charge in [-0.2, -0.15) is 8.78 Å². The Balaban J connectivity index is 0.00000176. The lowest BCUT2D eigenvalue weighted by Crippen LogP contribution is -2.43. The first-order valence-electron chi connectivity index (χ1n) is 7.12. The molecule has 0 saturated carbocycles. The lowest BCUT2D eigenvalue weighted by atomic mass is 9.78. The van der Waals surface area contributed by atoms with E-state index in [1.54, 1.807) is 10.3 Å². The summed E-state index contributed by atoms with van der Waals surface area (Å²) in [5.74, 6) is -0.204. The number of rotatable bonds is 3. The fourth-order valence-corrected chi connectivity index (χ4v) is 3.98. The summed E-state index contributed by atoms with van der Waals surface area (Å²) in [6.45, 7) is 0.540. The van der Waals surface area contributed by atoms with Crippen LogP contribution in [-0.2, 0) is 0 Å². The van der Waals surface area contributed by atoms with Gasteiger partial charge in [-0.05, 0) is 42.7 Å². The molecule has 0 atom stereocenters. The van der Waals surface area contributed by atoms with E-state index in [2.05, 4.69) is 10.1 Å². The predicted octanol–water partition coefficient (Wildman–Crippen LogP) is 2.99. The second-order valence-corrected chi connectivity index (χ2v) is 6.63. The van der Waals surface area contributed by atoms with Gasteiger partial charge < -0.3 is 15.0 Å². The number of halogens is 3. The molecular weight excluding hydrogens is 334 g/mol. The summed E-state index contributed by atoms with van der Waals surface area (Å²) >= 11 is 1.16. The van der Waals surface area contributed by atoms with Crippen molar-refractivity contribution in [1.29, 1.82) is 0 Å². The highest BCUT2D eigenvalue weighted by molar-refractivity contribution is 7.12. The average Bonchev–Trinajstić information content (AvgIpc) is 3.08. The van der Waals surface area contributed by atoms with Crippen molar-refractivity contribution in [2.24, 2.45) is 5.41 Å². The molecule has 2 saturated heterocycles. The van der Waals surface area contributed by atoms with Crippen LogP contribution in [-0.4, -0.2) is 43.6 Å². The molecule has 3 heterocycles. The highest BCUT2D eigenvalue weighted by atomic mass is 35.5. The minimum atomic E-state index is -2.90. The number of nitrogens with zero attached hydrogens (tertiary/aromatic N) is 1. The van der Waals surface area contributed by atoms with Gasteiger partial charge in [0.2, 0.25) is 0 Å². The van der Waals surface area contributed by atoms with Crippen LogP contribution in [0.4, 0.5) is 8.78 Å². The van der Waals surface area contributed by atoms with Crippen LogP contribution in [0, 0.1) is 5.41 Å². The molecule has 1 aromatic rings. The summed E-state index contributed by atoms with van der Waals surface area (Å²) in [6, 6.07) is 1.43. The van der Waals surface area contributed by atoms with E-state index in [1.807, 2.05) is 0 Å². The van der Waals surface area contributed by atoms with E-state index in [-0.39, 0.29) is 28.9 Å². The van der Waals surface area contributed by atoms with Gasteiger partial charge in [0.05, 0.1) is 0 Å². The van der Waals surface area contributed by atoms with Crippen LogP contribution >= 0.6 is 23.7 Å². The molecule has 2 fully saturated rings. The molecule has 2 aliphatic rings. The number of nitrogens with one attached hydrogen (secondary N) is 1. The first-order valence-corrected chi connectivity index (χ1v) is 8.00. The highest BCUT2D eigenvalue weighted by Crippen LogP contribution is 2.38. The minimum absolute atomic E-state index is 0. The molecule has 0 radical (unpaired) electrons. The molecule has 8 heteroatoms. The van der Waals surface area contributed by atoms with Crippen molar-refractivity contribution < 1.29 is 18.3 Å². The fraction of sp³-hybridized carbons (Fsp3) is 0.643. The summed E-state index contributed by atoms with van der Waals surface area (Å²) in [7, 11) is 0. The normalized spacial score (nSPS) is 20.2. The number of carbonyl (C=O) groups is 1. The standard InChI is InChI=1S/C14H18F2N2O2S.ClH/c15-13(16)20-10-1-8-21-11(10)12(19)18-6-3-14(4-7-18)2-5-17-9-14;/h1,8,13,17H,2-7,9H2;1H. The van der Waals surface area contributed by atoms with Gasteiger partial charge in [0.25, 0.3) is 5.91 Å². The summed E-state index contributed by atoms with van der Waals surface area (Å²) in [6.07, 6.45) is 3.11. The monoisotopic (exact) mass is 352 g/mol. The second kappa shape index (κ2) is 7.10. The molecule has 3 rings (SSSR count). The Kier molecular flexibility index (Phi) is 5.63. The van der Waals surface area contributed by atoms with E-state index in [4.69, 9.17) is 0 Å². The van der Waals surface area contributed by atoms with Crippen LogP contribution in [0.5, 0.6) is 5.75 Å². The predicted molar refractivity (Wildman–Crippen MR) is 83.3 cm³/mol. The molecule has 0 unspecified atom stereocenters. The lowest BCUT2D eigenvalue weighted by molar-refractivity contribution is -0.0499. The number of amides is 1. The Morgan fingerprint density at radius 1 is 1.36 bits per heavy atom. The molecule has 1 spiro atoms. The van der Waals surface area contributed by atoms with E-state index < -0.39 is 6.61 Å². The zero-order chi connectivity index (χ0) is 14.9. The maximum absolute atomic E-state index is 12.5. The van der Waals surface area contributed by atoms with Gasteiger partial charge in [-0.15, -0.1) is 23.7 Å². The zero-order valence-corrected chi connectivity index (χ0v) is 13.7. The van der Waals surface area contributed by atoms with Crippen molar-refractivity contribution in [2.45, 2.75) is 25.9 Å². The SMILES string of the molecule is Cl.O=C(c1sccc1OC(F)F)N1CCC2(CCNC2)CC1. The van der Waals surface area contributed by atoms with Crippen LogP contribution in [0.15, 0.2) is 11.4 Å². The molecule has 1 N–H and O–H groups in total. The first-order chi connectivity index (χ1) is 10.1. The molecule has 22 heavy (non-hydrogen) atoms. The Hall–Kier alpha value is -0.920. The highest BCUT2D eigenvalue weighted by Gasteiger charge is 2.38. The zero-order valence-electron chi connectivity index (χ0n) is 12.0. The van der Waals surface area contributed by atoms with Gasteiger partial charge in [-0.25, -0.2) is 0 Å². The van der Waals surface area contributed by atoms with Crippen LogP contribution in [0.1, 0.15) is 28.9 Å². The van der Waals surface area contributed by atoms with Crippen molar-refractivity contribution in [1.82, 2.24) is 10.2 Å². The van der Waals surface area contributed by atoms with E-state index >= 15 is 0 Å². The summed E-state index contributed by atoms with van der Waals surface area (Å²) in [5.41, 5.74) is 0.328. The van der Waals surface area contributed by atoms with E-state index in [0.29, 0.717) is 18.5 Å².